The molecule has 1 fully saturated rings. The van der Waals surface area contributed by atoms with E-state index in [0.717, 1.165) is 45.3 Å². The summed E-state index contributed by atoms with van der Waals surface area (Å²) in [5, 5.41) is 15.3. The van der Waals surface area contributed by atoms with E-state index in [1.165, 1.54) is 12.1 Å². The third-order valence-corrected chi connectivity index (χ3v) is 7.47. The Balaban J connectivity index is 1.38. The minimum atomic E-state index is -0.611. The lowest BCUT2D eigenvalue weighted by atomic mass is 9.92. The molecule has 1 aromatic heterocycles. The molecule has 0 unspecified atom stereocenters. The fraction of sp³-hybridized carbons (Fsp3) is 0.500. The van der Waals surface area contributed by atoms with Gasteiger partial charge >= 0.3 is 6.03 Å². The number of piperidine rings is 1. The predicted molar refractivity (Wildman–Crippen MR) is 162 cm³/mol. The van der Waals surface area contributed by atoms with Gasteiger partial charge in [0.05, 0.1) is 12.6 Å². The summed E-state index contributed by atoms with van der Waals surface area (Å²) in [5.41, 5.74) is 1.05. The first kappa shape index (κ1) is 31.3. The van der Waals surface area contributed by atoms with Crippen LogP contribution in [0.3, 0.4) is 0 Å². The standard InChI is InChI=1S/C32H43FN4O5/c1-32(2,3)11-13-35-31(39)36-23-5-6-28(25(33)19-23)42-27-7-12-34-26-21-30(29(40-4)20-24(26)27)41-18-16-37-14-8-22(9-15-37)10-17-38/h5-7,12,19-22,38H,8-11,13-18H2,1-4H3,(H2,35,36,39). The largest absolute Gasteiger partial charge is 0.493 e. The molecule has 3 aromatic rings. The molecule has 2 heterocycles. The van der Waals surface area contributed by atoms with E-state index in [4.69, 9.17) is 19.3 Å². The summed E-state index contributed by atoms with van der Waals surface area (Å²) in [6.07, 6.45) is 5.49. The van der Waals surface area contributed by atoms with Gasteiger partial charge in [-0.05, 0) is 74.4 Å². The van der Waals surface area contributed by atoms with Gasteiger partial charge in [-0.3, -0.25) is 9.88 Å². The van der Waals surface area contributed by atoms with Gasteiger partial charge in [0.2, 0.25) is 0 Å². The minimum absolute atomic E-state index is 0.0169. The molecule has 2 amide bonds. The van der Waals surface area contributed by atoms with E-state index in [9.17, 15) is 9.18 Å². The van der Waals surface area contributed by atoms with Crippen molar-refractivity contribution in [2.45, 2.75) is 46.5 Å². The number of aliphatic hydroxyl groups is 1. The molecule has 0 spiro atoms. The second kappa shape index (κ2) is 14.5. The van der Waals surface area contributed by atoms with Gasteiger partial charge in [0, 0.05) is 49.1 Å². The van der Waals surface area contributed by atoms with E-state index < -0.39 is 5.82 Å². The monoisotopic (exact) mass is 582 g/mol. The lowest BCUT2D eigenvalue weighted by Crippen LogP contribution is -2.36. The van der Waals surface area contributed by atoms with Crippen LogP contribution in [0.4, 0.5) is 14.9 Å². The second-order valence-corrected chi connectivity index (χ2v) is 11.9. The molecule has 1 aliphatic heterocycles. The van der Waals surface area contributed by atoms with Gasteiger partial charge < -0.3 is 30.0 Å². The molecular weight excluding hydrogens is 539 g/mol. The van der Waals surface area contributed by atoms with Gasteiger partial charge in [0.15, 0.2) is 23.1 Å². The van der Waals surface area contributed by atoms with Crippen LogP contribution in [-0.4, -0.2) is 67.5 Å². The number of carbonyl (C=O) groups excluding carboxylic acids is 1. The van der Waals surface area contributed by atoms with Gasteiger partial charge in [-0.1, -0.05) is 20.8 Å². The highest BCUT2D eigenvalue weighted by atomic mass is 19.1. The van der Waals surface area contributed by atoms with Crippen molar-refractivity contribution in [3.05, 3.63) is 48.4 Å². The number of hydrogen-bond acceptors (Lipinski definition) is 7. The van der Waals surface area contributed by atoms with E-state index >= 15 is 0 Å². The lowest BCUT2D eigenvalue weighted by Gasteiger charge is -2.31. The molecule has 0 bridgehead atoms. The Kier molecular flexibility index (Phi) is 10.8. The molecule has 0 aliphatic carbocycles. The number of aromatic nitrogens is 1. The van der Waals surface area contributed by atoms with Crippen LogP contribution in [-0.2, 0) is 0 Å². The molecule has 2 aromatic carbocycles. The number of likely N-dealkylation sites (tertiary alicyclic amines) is 1. The molecule has 9 nitrogen and oxygen atoms in total. The smallest absolute Gasteiger partial charge is 0.319 e. The molecule has 1 aliphatic rings. The van der Waals surface area contributed by atoms with Gasteiger partial charge in [-0.25, -0.2) is 9.18 Å². The molecule has 0 radical (unpaired) electrons. The number of amides is 2. The Morgan fingerprint density at radius 1 is 1.10 bits per heavy atom. The number of ether oxygens (including phenoxy) is 3. The Bertz CT molecular complexity index is 1340. The van der Waals surface area contributed by atoms with Crippen molar-refractivity contribution in [3.63, 3.8) is 0 Å². The number of methoxy groups -OCH3 is 1. The van der Waals surface area contributed by atoms with Crippen molar-refractivity contribution < 1.29 is 28.5 Å². The van der Waals surface area contributed by atoms with E-state index in [1.54, 1.807) is 37.6 Å². The van der Waals surface area contributed by atoms with Crippen molar-refractivity contribution in [2.24, 2.45) is 11.3 Å². The number of carbonyl (C=O) groups is 1. The normalized spacial score (nSPS) is 14.5. The van der Waals surface area contributed by atoms with Crippen LogP contribution in [0, 0.1) is 17.2 Å². The summed E-state index contributed by atoms with van der Waals surface area (Å²) in [4.78, 5) is 19.0. The summed E-state index contributed by atoms with van der Waals surface area (Å²) in [6.45, 7) is 10.4. The van der Waals surface area contributed by atoms with Crippen LogP contribution in [0.5, 0.6) is 23.0 Å². The summed E-state index contributed by atoms with van der Waals surface area (Å²) < 4.78 is 32.6. The van der Waals surface area contributed by atoms with E-state index in [-0.39, 0.29) is 23.8 Å². The number of benzene rings is 2. The molecule has 42 heavy (non-hydrogen) atoms. The minimum Gasteiger partial charge on any atom is -0.493 e. The first-order valence-corrected chi connectivity index (χ1v) is 14.6. The van der Waals surface area contributed by atoms with Gasteiger partial charge in [-0.15, -0.1) is 0 Å². The van der Waals surface area contributed by atoms with Gasteiger partial charge in [0.1, 0.15) is 12.4 Å². The number of urea groups is 1. The number of nitrogens with zero attached hydrogens (tertiary/aromatic N) is 2. The Morgan fingerprint density at radius 2 is 1.88 bits per heavy atom. The summed E-state index contributed by atoms with van der Waals surface area (Å²) in [6, 6.07) is 9.15. The van der Waals surface area contributed by atoms with Crippen LogP contribution in [0.1, 0.15) is 46.5 Å². The van der Waals surface area contributed by atoms with Crippen LogP contribution in [0.25, 0.3) is 10.9 Å². The van der Waals surface area contributed by atoms with Crippen molar-refractivity contribution in [1.29, 1.82) is 0 Å². The third kappa shape index (κ3) is 8.93. The third-order valence-electron chi connectivity index (χ3n) is 7.47. The Labute approximate surface area is 247 Å². The van der Waals surface area contributed by atoms with Crippen molar-refractivity contribution >= 4 is 22.6 Å². The average Bonchev–Trinajstić information content (AvgIpc) is 2.94. The van der Waals surface area contributed by atoms with Gasteiger partial charge in [0.25, 0.3) is 0 Å². The zero-order valence-electron chi connectivity index (χ0n) is 25.0. The SMILES string of the molecule is COc1cc2c(Oc3ccc(NC(=O)NCCC(C)(C)C)cc3F)ccnc2cc1OCCN1CCC(CCO)CC1. The molecule has 228 valence electrons. The van der Waals surface area contributed by atoms with Crippen molar-refractivity contribution in [3.8, 4) is 23.0 Å². The van der Waals surface area contributed by atoms with Crippen LogP contribution < -0.4 is 24.8 Å². The van der Waals surface area contributed by atoms with Crippen LogP contribution in [0.15, 0.2) is 42.6 Å². The molecule has 4 rings (SSSR count). The number of rotatable bonds is 12. The highest BCUT2D eigenvalue weighted by Crippen LogP contribution is 2.38. The van der Waals surface area contributed by atoms with Crippen molar-refractivity contribution in [1.82, 2.24) is 15.2 Å². The molecule has 10 heteroatoms. The van der Waals surface area contributed by atoms with E-state index in [2.05, 4.69) is 41.3 Å². The number of hydrogen-bond donors (Lipinski definition) is 3. The molecule has 1 saturated heterocycles. The maximum Gasteiger partial charge on any atom is 0.319 e. The summed E-state index contributed by atoms with van der Waals surface area (Å²) in [5.74, 6) is 1.53. The summed E-state index contributed by atoms with van der Waals surface area (Å²) >= 11 is 0. The highest BCUT2D eigenvalue weighted by Gasteiger charge is 2.19. The second-order valence-electron chi connectivity index (χ2n) is 11.9. The van der Waals surface area contributed by atoms with E-state index in [1.807, 2.05) is 0 Å². The number of nitrogens with one attached hydrogen (secondary N) is 2. The highest BCUT2D eigenvalue weighted by molar-refractivity contribution is 5.90. The van der Waals surface area contributed by atoms with Crippen LogP contribution >= 0.6 is 0 Å². The quantitative estimate of drug-likeness (QED) is 0.233. The van der Waals surface area contributed by atoms with Gasteiger partial charge in [-0.2, -0.15) is 0 Å². The average molecular weight is 583 g/mol. The van der Waals surface area contributed by atoms with E-state index in [0.29, 0.717) is 52.9 Å². The molecular formula is C32H43FN4O5. The lowest BCUT2D eigenvalue weighted by molar-refractivity contribution is 0.138. The number of halogens is 1. The molecule has 3 N–H and O–H groups in total. The number of anilines is 1. The molecule has 0 atom stereocenters. The zero-order valence-corrected chi connectivity index (χ0v) is 25.0. The maximum atomic E-state index is 15.0. The number of fused-ring (bicyclic) bond motifs is 1. The topological polar surface area (TPSA) is 105 Å². The maximum absolute atomic E-state index is 15.0. The predicted octanol–water partition coefficient (Wildman–Crippen LogP) is 6.21. The zero-order chi connectivity index (χ0) is 30.1. The number of aliphatic hydroxyl groups excluding tert-OH is 1. The first-order chi connectivity index (χ1) is 20.1. The summed E-state index contributed by atoms with van der Waals surface area (Å²) in [7, 11) is 1.57. The first-order valence-electron chi connectivity index (χ1n) is 14.6. The molecule has 0 saturated carbocycles. The Morgan fingerprint density at radius 3 is 2.57 bits per heavy atom. The Hall–Kier alpha value is -3.63. The number of pyridine rings is 1. The van der Waals surface area contributed by atoms with Crippen molar-refractivity contribution in [2.75, 3.05) is 51.8 Å². The van der Waals surface area contributed by atoms with Crippen LogP contribution in [0.2, 0.25) is 0 Å². The fourth-order valence-corrected chi connectivity index (χ4v) is 4.96. The fourth-order valence-electron chi connectivity index (χ4n) is 4.96.